The van der Waals surface area contributed by atoms with Crippen LogP contribution < -0.4 is 5.32 Å². The van der Waals surface area contributed by atoms with E-state index in [4.69, 9.17) is 0 Å². The van der Waals surface area contributed by atoms with Crippen LogP contribution in [0.4, 0.5) is 0 Å². The second-order valence-electron chi connectivity index (χ2n) is 6.32. The fourth-order valence-electron chi connectivity index (χ4n) is 2.75. The topological polar surface area (TPSA) is 15.3 Å². The van der Waals surface area contributed by atoms with Crippen molar-refractivity contribution in [3.05, 3.63) is 48.0 Å². The predicted octanol–water partition coefficient (Wildman–Crippen LogP) is 3.16. The first-order chi connectivity index (χ1) is 9.02. The van der Waals surface area contributed by atoms with Gasteiger partial charge in [-0.1, -0.05) is 30.3 Å². The summed E-state index contributed by atoms with van der Waals surface area (Å²) in [7, 11) is 0. The molecule has 1 aromatic carbocycles. The second-order valence-corrected chi connectivity index (χ2v) is 6.32. The lowest BCUT2D eigenvalue weighted by Crippen LogP contribution is -2.47. The maximum atomic E-state index is 3.89. The van der Waals surface area contributed by atoms with E-state index in [-0.39, 0.29) is 5.54 Å². The standard InChI is InChI=1S/C17H26N2/c1-5-12-19(17(2,3)4)13-16-15-9-7-6-8-14(15)10-11-18-16/h5-9,16,18H,1,10-13H2,2-4H3. The first-order valence-corrected chi connectivity index (χ1v) is 7.19. The van der Waals surface area contributed by atoms with E-state index in [2.05, 4.69) is 61.8 Å². The monoisotopic (exact) mass is 258 g/mol. The molecule has 1 aliphatic heterocycles. The fraction of sp³-hybridized carbons (Fsp3) is 0.529. The Bertz CT molecular complexity index is 431. The largest absolute Gasteiger partial charge is 0.309 e. The molecular weight excluding hydrogens is 232 g/mol. The maximum absolute atomic E-state index is 3.89. The van der Waals surface area contributed by atoms with Crippen LogP contribution in [0.15, 0.2) is 36.9 Å². The van der Waals surface area contributed by atoms with Gasteiger partial charge in [0.2, 0.25) is 0 Å². The van der Waals surface area contributed by atoms with Crippen LogP contribution in [0.5, 0.6) is 0 Å². The van der Waals surface area contributed by atoms with Gasteiger partial charge in [-0.2, -0.15) is 0 Å². The summed E-state index contributed by atoms with van der Waals surface area (Å²) in [5.41, 5.74) is 3.13. The van der Waals surface area contributed by atoms with Crippen molar-refractivity contribution >= 4 is 0 Å². The van der Waals surface area contributed by atoms with Crippen molar-refractivity contribution in [2.75, 3.05) is 19.6 Å². The van der Waals surface area contributed by atoms with E-state index >= 15 is 0 Å². The van der Waals surface area contributed by atoms with Crippen LogP contribution in [-0.2, 0) is 6.42 Å². The van der Waals surface area contributed by atoms with Crippen molar-refractivity contribution in [3.8, 4) is 0 Å². The molecule has 0 saturated carbocycles. The molecule has 1 unspecified atom stereocenters. The zero-order valence-electron chi connectivity index (χ0n) is 12.4. The van der Waals surface area contributed by atoms with E-state index in [0.717, 1.165) is 26.1 Å². The predicted molar refractivity (Wildman–Crippen MR) is 82.4 cm³/mol. The molecule has 1 N–H and O–H groups in total. The highest BCUT2D eigenvalue weighted by molar-refractivity contribution is 5.32. The minimum atomic E-state index is 0.169. The van der Waals surface area contributed by atoms with Gasteiger partial charge in [0.15, 0.2) is 0 Å². The van der Waals surface area contributed by atoms with Gasteiger partial charge < -0.3 is 5.32 Å². The zero-order valence-corrected chi connectivity index (χ0v) is 12.4. The molecule has 1 aromatic rings. The SMILES string of the molecule is C=CCN(CC1NCCc2ccccc21)C(C)(C)C. The Hall–Kier alpha value is -1.12. The van der Waals surface area contributed by atoms with E-state index in [1.165, 1.54) is 11.1 Å². The normalized spacial score (nSPS) is 19.3. The van der Waals surface area contributed by atoms with E-state index < -0.39 is 0 Å². The number of nitrogens with one attached hydrogen (secondary N) is 1. The summed E-state index contributed by atoms with van der Waals surface area (Å²) in [6.07, 6.45) is 3.14. The van der Waals surface area contributed by atoms with Crippen molar-refractivity contribution in [2.45, 2.75) is 38.8 Å². The summed E-state index contributed by atoms with van der Waals surface area (Å²) < 4.78 is 0. The summed E-state index contributed by atoms with van der Waals surface area (Å²) in [6, 6.07) is 9.25. The molecule has 0 amide bonds. The number of hydrogen-bond acceptors (Lipinski definition) is 2. The van der Waals surface area contributed by atoms with E-state index in [9.17, 15) is 0 Å². The average Bonchev–Trinajstić information content (AvgIpc) is 2.37. The van der Waals surface area contributed by atoms with E-state index in [0.29, 0.717) is 6.04 Å². The molecule has 2 heteroatoms. The number of benzene rings is 1. The molecule has 0 aliphatic carbocycles. The highest BCUT2D eigenvalue weighted by atomic mass is 15.2. The second kappa shape index (κ2) is 5.89. The molecule has 19 heavy (non-hydrogen) atoms. The third kappa shape index (κ3) is 3.46. The Morgan fingerprint density at radius 2 is 2.11 bits per heavy atom. The Kier molecular flexibility index (Phi) is 4.43. The fourth-order valence-corrected chi connectivity index (χ4v) is 2.75. The van der Waals surface area contributed by atoms with Crippen LogP contribution in [0.1, 0.15) is 37.9 Å². The number of nitrogens with zero attached hydrogens (tertiary/aromatic N) is 1. The van der Waals surface area contributed by atoms with Gasteiger partial charge in [0.25, 0.3) is 0 Å². The summed E-state index contributed by atoms with van der Waals surface area (Å²) in [5.74, 6) is 0. The number of hydrogen-bond donors (Lipinski definition) is 1. The highest BCUT2D eigenvalue weighted by Gasteiger charge is 2.26. The third-order valence-corrected chi connectivity index (χ3v) is 3.92. The van der Waals surface area contributed by atoms with Crippen molar-refractivity contribution in [1.29, 1.82) is 0 Å². The van der Waals surface area contributed by atoms with Gasteiger partial charge in [-0.05, 0) is 44.9 Å². The van der Waals surface area contributed by atoms with Crippen LogP contribution in [0, 0.1) is 0 Å². The van der Waals surface area contributed by atoms with Crippen molar-refractivity contribution in [2.24, 2.45) is 0 Å². The number of rotatable bonds is 4. The van der Waals surface area contributed by atoms with Gasteiger partial charge in [0.05, 0.1) is 0 Å². The first-order valence-electron chi connectivity index (χ1n) is 7.19. The van der Waals surface area contributed by atoms with Gasteiger partial charge in [-0.25, -0.2) is 0 Å². The summed E-state index contributed by atoms with van der Waals surface area (Å²) in [6.45, 7) is 13.7. The van der Waals surface area contributed by atoms with Gasteiger partial charge in [-0.3, -0.25) is 4.90 Å². The molecule has 0 saturated heterocycles. The van der Waals surface area contributed by atoms with Crippen LogP contribution >= 0.6 is 0 Å². The Balaban J connectivity index is 2.17. The van der Waals surface area contributed by atoms with Crippen molar-refractivity contribution in [1.82, 2.24) is 10.2 Å². The Morgan fingerprint density at radius 1 is 1.37 bits per heavy atom. The van der Waals surface area contributed by atoms with Crippen LogP contribution in [-0.4, -0.2) is 30.1 Å². The Labute approximate surface area is 117 Å². The molecular formula is C17H26N2. The molecule has 0 radical (unpaired) electrons. The molecule has 0 bridgehead atoms. The molecule has 2 nitrogen and oxygen atoms in total. The maximum Gasteiger partial charge on any atom is 0.0452 e. The molecule has 104 valence electrons. The molecule has 1 atom stereocenters. The van der Waals surface area contributed by atoms with E-state index in [1.807, 2.05) is 6.08 Å². The summed E-state index contributed by atoms with van der Waals surface area (Å²) in [5, 5.41) is 3.66. The molecule has 0 aromatic heterocycles. The molecule has 2 rings (SSSR count). The first kappa shape index (κ1) is 14.3. The minimum absolute atomic E-state index is 0.169. The van der Waals surface area contributed by atoms with E-state index in [1.54, 1.807) is 0 Å². The minimum Gasteiger partial charge on any atom is -0.309 e. The van der Waals surface area contributed by atoms with Gasteiger partial charge in [-0.15, -0.1) is 6.58 Å². The molecule has 0 spiro atoms. The third-order valence-electron chi connectivity index (χ3n) is 3.92. The lowest BCUT2D eigenvalue weighted by atomic mass is 9.93. The molecule has 1 heterocycles. The smallest absolute Gasteiger partial charge is 0.0452 e. The van der Waals surface area contributed by atoms with Gasteiger partial charge >= 0.3 is 0 Å². The average molecular weight is 258 g/mol. The highest BCUT2D eigenvalue weighted by Crippen LogP contribution is 2.25. The van der Waals surface area contributed by atoms with Crippen molar-refractivity contribution in [3.63, 3.8) is 0 Å². The number of fused-ring (bicyclic) bond motifs is 1. The van der Waals surface area contributed by atoms with Crippen LogP contribution in [0.25, 0.3) is 0 Å². The Morgan fingerprint density at radius 3 is 2.79 bits per heavy atom. The molecule has 1 aliphatic rings. The zero-order chi connectivity index (χ0) is 13.9. The van der Waals surface area contributed by atoms with Gasteiger partial charge in [0.1, 0.15) is 0 Å². The van der Waals surface area contributed by atoms with Crippen LogP contribution in [0.2, 0.25) is 0 Å². The lowest BCUT2D eigenvalue weighted by molar-refractivity contribution is 0.136. The summed E-state index contributed by atoms with van der Waals surface area (Å²) >= 11 is 0. The quantitative estimate of drug-likeness (QED) is 0.835. The van der Waals surface area contributed by atoms with Crippen LogP contribution in [0.3, 0.4) is 0 Å². The van der Waals surface area contributed by atoms with Gasteiger partial charge in [0, 0.05) is 24.7 Å². The van der Waals surface area contributed by atoms with Crippen molar-refractivity contribution < 1.29 is 0 Å². The molecule has 0 fully saturated rings. The summed E-state index contributed by atoms with van der Waals surface area (Å²) in [4.78, 5) is 2.49. The lowest BCUT2D eigenvalue weighted by Gasteiger charge is -2.39.